The molecule has 1 fully saturated rings. The molecule has 162 valence electrons. The highest BCUT2D eigenvalue weighted by atomic mass is 32.1. The molecule has 8 heteroatoms. The van der Waals surface area contributed by atoms with Gasteiger partial charge in [0.1, 0.15) is 10.6 Å². The van der Waals surface area contributed by atoms with E-state index in [1.807, 2.05) is 23.7 Å². The van der Waals surface area contributed by atoms with Crippen LogP contribution in [-0.4, -0.2) is 21.6 Å². The van der Waals surface area contributed by atoms with Gasteiger partial charge in [-0.25, -0.2) is 4.39 Å². The van der Waals surface area contributed by atoms with E-state index in [4.69, 9.17) is 0 Å². The maximum Gasteiger partial charge on any atom is 0.265 e. The molecule has 2 amide bonds. The zero-order valence-electron chi connectivity index (χ0n) is 17.4. The zero-order valence-corrected chi connectivity index (χ0v) is 18.2. The Morgan fingerprint density at radius 3 is 2.53 bits per heavy atom. The molecule has 0 radical (unpaired) electrons. The number of hydrogen-bond acceptors (Lipinski definition) is 4. The third-order valence-corrected chi connectivity index (χ3v) is 6.56. The van der Waals surface area contributed by atoms with E-state index in [1.54, 1.807) is 30.3 Å². The second-order valence-corrected chi connectivity index (χ2v) is 9.03. The van der Waals surface area contributed by atoms with Gasteiger partial charge in [-0.2, -0.15) is 5.10 Å². The van der Waals surface area contributed by atoms with Gasteiger partial charge in [-0.05, 0) is 61.7 Å². The van der Waals surface area contributed by atoms with E-state index in [9.17, 15) is 14.0 Å². The summed E-state index contributed by atoms with van der Waals surface area (Å²) in [5.41, 5.74) is 3.05. The third-order valence-electron chi connectivity index (χ3n) is 5.41. The fraction of sp³-hybridized carbons (Fsp3) is 0.208. The van der Waals surface area contributed by atoms with Crippen molar-refractivity contribution >= 4 is 44.7 Å². The molecule has 1 saturated carbocycles. The Bertz CT molecular complexity index is 1320. The van der Waals surface area contributed by atoms with Crippen molar-refractivity contribution in [2.24, 2.45) is 5.92 Å². The lowest BCUT2D eigenvalue weighted by Crippen LogP contribution is -2.14. The van der Waals surface area contributed by atoms with Crippen LogP contribution in [0.15, 0.2) is 54.6 Å². The highest BCUT2D eigenvalue weighted by Gasteiger charge is 2.29. The van der Waals surface area contributed by atoms with Crippen LogP contribution in [0.2, 0.25) is 0 Å². The average Bonchev–Trinajstić information content (AvgIpc) is 3.46. The van der Waals surface area contributed by atoms with Crippen molar-refractivity contribution in [2.45, 2.75) is 26.3 Å². The Morgan fingerprint density at radius 2 is 1.81 bits per heavy atom. The summed E-state index contributed by atoms with van der Waals surface area (Å²) in [6.07, 6.45) is 1.87. The van der Waals surface area contributed by atoms with E-state index in [-0.39, 0.29) is 23.5 Å². The lowest BCUT2D eigenvalue weighted by molar-refractivity contribution is -0.117. The Balaban J connectivity index is 1.34. The molecule has 4 aromatic rings. The number of fused-ring (bicyclic) bond motifs is 1. The molecule has 1 aliphatic carbocycles. The quantitative estimate of drug-likeness (QED) is 0.426. The number of nitrogens with zero attached hydrogens (tertiary/aromatic N) is 2. The van der Waals surface area contributed by atoms with Crippen LogP contribution in [0.1, 0.15) is 33.8 Å². The summed E-state index contributed by atoms with van der Waals surface area (Å²) in [4.78, 5) is 26.3. The molecule has 5 rings (SSSR count). The fourth-order valence-corrected chi connectivity index (χ4v) is 4.61. The summed E-state index contributed by atoms with van der Waals surface area (Å²) < 4.78 is 15.0. The van der Waals surface area contributed by atoms with Crippen molar-refractivity contribution in [1.29, 1.82) is 0 Å². The molecular weight excluding hydrogens is 427 g/mol. The van der Waals surface area contributed by atoms with Crippen LogP contribution in [0.4, 0.5) is 15.8 Å². The van der Waals surface area contributed by atoms with Crippen LogP contribution in [0.25, 0.3) is 10.2 Å². The molecule has 2 aromatic carbocycles. The molecule has 2 heterocycles. The first-order valence-corrected chi connectivity index (χ1v) is 11.2. The van der Waals surface area contributed by atoms with E-state index in [0.717, 1.165) is 34.3 Å². The summed E-state index contributed by atoms with van der Waals surface area (Å²) in [6, 6.07) is 15.3. The van der Waals surface area contributed by atoms with E-state index in [2.05, 4.69) is 15.7 Å². The number of aromatic nitrogens is 2. The van der Waals surface area contributed by atoms with Gasteiger partial charge < -0.3 is 10.6 Å². The van der Waals surface area contributed by atoms with Gasteiger partial charge in [0.05, 0.1) is 17.1 Å². The van der Waals surface area contributed by atoms with Gasteiger partial charge in [-0.1, -0.05) is 18.2 Å². The van der Waals surface area contributed by atoms with Crippen LogP contribution in [0.5, 0.6) is 0 Å². The predicted octanol–water partition coefficient (Wildman–Crippen LogP) is 5.19. The van der Waals surface area contributed by atoms with Crippen molar-refractivity contribution in [3.8, 4) is 0 Å². The summed E-state index contributed by atoms with van der Waals surface area (Å²) in [5, 5.41) is 11.3. The van der Waals surface area contributed by atoms with Crippen molar-refractivity contribution in [3.05, 3.63) is 76.5 Å². The van der Waals surface area contributed by atoms with Gasteiger partial charge in [0.2, 0.25) is 5.91 Å². The summed E-state index contributed by atoms with van der Waals surface area (Å²) in [5.74, 6) is -0.352. The summed E-state index contributed by atoms with van der Waals surface area (Å²) in [6.45, 7) is 2.40. The number of hydrogen-bond donors (Lipinski definition) is 2. The zero-order chi connectivity index (χ0) is 22.2. The number of anilines is 2. The maximum absolute atomic E-state index is 13.2. The van der Waals surface area contributed by atoms with E-state index in [1.165, 1.54) is 23.5 Å². The van der Waals surface area contributed by atoms with Crippen molar-refractivity contribution in [3.63, 3.8) is 0 Å². The molecule has 32 heavy (non-hydrogen) atoms. The molecule has 0 saturated heterocycles. The average molecular weight is 449 g/mol. The lowest BCUT2D eigenvalue weighted by Gasteiger charge is -2.08. The first-order valence-electron chi connectivity index (χ1n) is 10.4. The molecule has 0 spiro atoms. The number of benzene rings is 2. The number of nitrogens with one attached hydrogen (secondary N) is 2. The SMILES string of the molecule is Cc1nn(Cc2ccc(F)cc2)c2sc(C(=O)Nc3cccc(NC(=O)C4CC4)c3)cc12. The van der Waals surface area contributed by atoms with Gasteiger partial charge in [0.15, 0.2) is 0 Å². The molecule has 0 atom stereocenters. The van der Waals surface area contributed by atoms with Crippen molar-refractivity contribution < 1.29 is 14.0 Å². The first kappa shape index (κ1) is 20.4. The number of thiophene rings is 1. The van der Waals surface area contributed by atoms with Gasteiger partial charge in [-0.3, -0.25) is 14.3 Å². The standard InChI is InChI=1S/C24H21FN4O2S/c1-14-20-12-21(32-24(20)29(28-14)13-15-5-9-17(25)10-6-15)23(31)27-19-4-2-3-18(11-19)26-22(30)16-7-8-16/h2-6,9-12,16H,7-8,13H2,1H3,(H,26,30)(H,27,31). The number of carbonyl (C=O) groups excluding carboxylic acids is 2. The molecule has 2 aromatic heterocycles. The van der Waals surface area contributed by atoms with Crippen LogP contribution >= 0.6 is 11.3 Å². The highest BCUT2D eigenvalue weighted by Crippen LogP contribution is 2.31. The summed E-state index contributed by atoms with van der Waals surface area (Å²) in [7, 11) is 0. The molecule has 0 unspecified atom stereocenters. The minimum atomic E-state index is -0.276. The van der Waals surface area contributed by atoms with E-state index >= 15 is 0 Å². The molecule has 0 bridgehead atoms. The Labute approximate surface area is 188 Å². The van der Waals surface area contributed by atoms with Gasteiger partial charge in [0.25, 0.3) is 5.91 Å². The molecular formula is C24H21FN4O2S. The number of carbonyl (C=O) groups is 2. The third kappa shape index (κ3) is 4.27. The second-order valence-electron chi connectivity index (χ2n) is 8.00. The molecule has 0 aliphatic heterocycles. The van der Waals surface area contributed by atoms with Crippen LogP contribution < -0.4 is 10.6 Å². The van der Waals surface area contributed by atoms with Crippen LogP contribution in [-0.2, 0) is 11.3 Å². The van der Waals surface area contributed by atoms with Crippen molar-refractivity contribution in [1.82, 2.24) is 9.78 Å². The minimum absolute atomic E-state index is 0.0270. The Kier molecular flexibility index (Phi) is 5.22. The largest absolute Gasteiger partial charge is 0.326 e. The summed E-state index contributed by atoms with van der Waals surface area (Å²) >= 11 is 1.37. The topological polar surface area (TPSA) is 76.0 Å². The van der Waals surface area contributed by atoms with Gasteiger partial charge >= 0.3 is 0 Å². The molecule has 6 nitrogen and oxygen atoms in total. The monoisotopic (exact) mass is 448 g/mol. The first-order chi connectivity index (χ1) is 15.5. The van der Waals surface area contributed by atoms with Crippen molar-refractivity contribution in [2.75, 3.05) is 10.6 Å². The van der Waals surface area contributed by atoms with Gasteiger partial charge in [-0.15, -0.1) is 11.3 Å². The number of amides is 2. The molecule has 2 N–H and O–H groups in total. The Morgan fingerprint density at radius 1 is 1.09 bits per heavy atom. The van der Waals surface area contributed by atoms with E-state index < -0.39 is 0 Å². The Hall–Kier alpha value is -3.52. The molecule has 1 aliphatic rings. The minimum Gasteiger partial charge on any atom is -0.326 e. The highest BCUT2D eigenvalue weighted by molar-refractivity contribution is 7.20. The predicted molar refractivity (Wildman–Crippen MR) is 124 cm³/mol. The lowest BCUT2D eigenvalue weighted by atomic mass is 10.2. The number of halogens is 1. The normalized spacial score (nSPS) is 13.3. The number of rotatable bonds is 6. The fourth-order valence-electron chi connectivity index (χ4n) is 3.55. The van der Waals surface area contributed by atoms with Gasteiger partial charge in [0, 0.05) is 22.7 Å². The number of aryl methyl sites for hydroxylation is 1. The second kappa shape index (κ2) is 8.20. The van der Waals surface area contributed by atoms with E-state index in [0.29, 0.717) is 22.8 Å². The maximum atomic E-state index is 13.2. The smallest absolute Gasteiger partial charge is 0.265 e. The van der Waals surface area contributed by atoms with Crippen LogP contribution in [0, 0.1) is 18.7 Å². The van der Waals surface area contributed by atoms with Crippen LogP contribution in [0.3, 0.4) is 0 Å².